The third kappa shape index (κ3) is 2.92. The number of hydrogen-bond acceptors (Lipinski definition) is 2. The minimum atomic E-state index is 0.298. The van der Waals surface area contributed by atoms with Crippen molar-refractivity contribution in [2.75, 3.05) is 13.7 Å². The van der Waals surface area contributed by atoms with E-state index in [1.165, 1.54) is 57.8 Å². The average molecular weight is 279 g/mol. The summed E-state index contributed by atoms with van der Waals surface area (Å²) in [5, 5.41) is 3.70. The summed E-state index contributed by atoms with van der Waals surface area (Å²) in [4.78, 5) is 0. The first-order chi connectivity index (χ1) is 9.54. The molecule has 20 heavy (non-hydrogen) atoms. The molecule has 2 unspecified atom stereocenters. The van der Waals surface area contributed by atoms with E-state index in [2.05, 4.69) is 26.2 Å². The first-order valence-electron chi connectivity index (χ1n) is 8.85. The molecule has 1 aliphatic heterocycles. The van der Waals surface area contributed by atoms with E-state index >= 15 is 0 Å². The molecule has 3 rings (SSSR count). The van der Waals surface area contributed by atoms with Gasteiger partial charge >= 0.3 is 0 Å². The lowest BCUT2D eigenvalue weighted by atomic mass is 9.65. The van der Waals surface area contributed by atoms with Crippen LogP contribution in [0.5, 0.6) is 0 Å². The molecule has 0 aromatic rings. The zero-order chi connectivity index (χ0) is 14.2. The quantitative estimate of drug-likeness (QED) is 0.838. The lowest BCUT2D eigenvalue weighted by Crippen LogP contribution is -2.52. The van der Waals surface area contributed by atoms with Gasteiger partial charge in [0, 0.05) is 12.6 Å². The number of nitrogens with one attached hydrogen (secondary N) is 1. The molecule has 0 aromatic heterocycles. The second-order valence-corrected chi connectivity index (χ2v) is 8.45. The van der Waals surface area contributed by atoms with Crippen LogP contribution < -0.4 is 5.32 Å². The minimum Gasteiger partial charge on any atom is -0.375 e. The van der Waals surface area contributed by atoms with Gasteiger partial charge in [0.2, 0.25) is 0 Å². The summed E-state index contributed by atoms with van der Waals surface area (Å²) in [5.41, 5.74) is 0.881. The van der Waals surface area contributed by atoms with Crippen molar-refractivity contribution in [3.05, 3.63) is 0 Å². The molecule has 3 aliphatic rings. The predicted molar refractivity (Wildman–Crippen MR) is 83.8 cm³/mol. The van der Waals surface area contributed by atoms with E-state index < -0.39 is 0 Å². The Morgan fingerprint density at radius 3 is 2.25 bits per heavy atom. The van der Waals surface area contributed by atoms with Crippen molar-refractivity contribution >= 4 is 0 Å². The maximum atomic E-state index is 6.12. The second-order valence-electron chi connectivity index (χ2n) is 8.45. The van der Waals surface area contributed by atoms with Crippen molar-refractivity contribution in [3.8, 4) is 0 Å². The summed E-state index contributed by atoms with van der Waals surface area (Å²) in [6.45, 7) is 5.88. The first-order valence-corrected chi connectivity index (χ1v) is 8.85. The molecule has 2 heteroatoms. The molecule has 2 nitrogen and oxygen atoms in total. The summed E-state index contributed by atoms with van der Waals surface area (Å²) in [5.74, 6) is 1.74. The standard InChI is InChI=1S/C18H33NO/c1-17(2)10-5-14(6-11-17)16(19-3)15-7-12-20-18(13-15)8-4-9-18/h14-16,19H,4-13H2,1-3H3. The van der Waals surface area contributed by atoms with Crippen molar-refractivity contribution in [3.63, 3.8) is 0 Å². The van der Waals surface area contributed by atoms with Gasteiger partial charge < -0.3 is 10.1 Å². The van der Waals surface area contributed by atoms with Crippen LogP contribution in [0.15, 0.2) is 0 Å². The minimum absolute atomic E-state index is 0.298. The van der Waals surface area contributed by atoms with Crippen molar-refractivity contribution in [1.82, 2.24) is 5.32 Å². The third-order valence-electron chi connectivity index (χ3n) is 6.53. The normalized spacial score (nSPS) is 34.6. The number of ether oxygens (including phenoxy) is 1. The average Bonchev–Trinajstić information content (AvgIpc) is 2.40. The molecule has 3 fully saturated rings. The third-order valence-corrected chi connectivity index (χ3v) is 6.53. The Labute approximate surface area is 125 Å². The van der Waals surface area contributed by atoms with Gasteiger partial charge in [-0.25, -0.2) is 0 Å². The van der Waals surface area contributed by atoms with Crippen LogP contribution in [-0.4, -0.2) is 25.3 Å². The van der Waals surface area contributed by atoms with E-state index in [1.54, 1.807) is 0 Å². The predicted octanol–water partition coefficient (Wildman–Crippen LogP) is 4.14. The highest BCUT2D eigenvalue weighted by Crippen LogP contribution is 2.47. The largest absolute Gasteiger partial charge is 0.375 e. The molecule has 116 valence electrons. The zero-order valence-corrected chi connectivity index (χ0v) is 13.7. The smallest absolute Gasteiger partial charge is 0.0685 e. The van der Waals surface area contributed by atoms with Gasteiger partial charge in [0.05, 0.1) is 5.60 Å². The van der Waals surface area contributed by atoms with Crippen LogP contribution in [0.4, 0.5) is 0 Å². The van der Waals surface area contributed by atoms with E-state index in [0.29, 0.717) is 11.0 Å². The highest BCUT2D eigenvalue weighted by atomic mass is 16.5. The lowest BCUT2D eigenvalue weighted by molar-refractivity contribution is -0.149. The fourth-order valence-corrected chi connectivity index (χ4v) is 4.93. The van der Waals surface area contributed by atoms with E-state index in [1.807, 2.05) is 0 Å². The SMILES string of the molecule is CNC(C1CCC(C)(C)CC1)C1CCOC2(CCC2)C1. The summed E-state index contributed by atoms with van der Waals surface area (Å²) >= 11 is 0. The molecule has 0 radical (unpaired) electrons. The van der Waals surface area contributed by atoms with Crippen molar-refractivity contribution in [2.24, 2.45) is 17.3 Å². The Morgan fingerprint density at radius 2 is 1.70 bits per heavy atom. The van der Waals surface area contributed by atoms with E-state index in [9.17, 15) is 0 Å². The fraction of sp³-hybridized carbons (Fsp3) is 1.00. The van der Waals surface area contributed by atoms with Crippen LogP contribution in [-0.2, 0) is 4.74 Å². The Balaban J connectivity index is 1.61. The van der Waals surface area contributed by atoms with Gasteiger partial charge in [0.1, 0.15) is 0 Å². The molecule has 1 heterocycles. The van der Waals surface area contributed by atoms with Gasteiger partial charge in [0.15, 0.2) is 0 Å². The Morgan fingerprint density at radius 1 is 1.00 bits per heavy atom. The maximum absolute atomic E-state index is 6.12. The molecule has 0 bridgehead atoms. The molecule has 0 amide bonds. The highest BCUT2D eigenvalue weighted by Gasteiger charge is 2.45. The molecule has 1 N–H and O–H groups in total. The summed E-state index contributed by atoms with van der Waals surface area (Å²) in [6.07, 6.45) is 12.3. The molecule has 2 saturated carbocycles. The Kier molecular flexibility index (Phi) is 4.16. The lowest BCUT2D eigenvalue weighted by Gasteiger charge is -2.50. The topological polar surface area (TPSA) is 21.3 Å². The summed E-state index contributed by atoms with van der Waals surface area (Å²) < 4.78 is 6.12. The molecule has 0 aromatic carbocycles. The van der Waals surface area contributed by atoms with Gasteiger partial charge in [-0.3, -0.25) is 0 Å². The molecular formula is C18H33NO. The van der Waals surface area contributed by atoms with Crippen LogP contribution in [0, 0.1) is 17.3 Å². The van der Waals surface area contributed by atoms with Crippen LogP contribution in [0.1, 0.15) is 71.6 Å². The molecule has 1 spiro atoms. The van der Waals surface area contributed by atoms with Crippen LogP contribution in [0.2, 0.25) is 0 Å². The van der Waals surface area contributed by atoms with Gasteiger partial charge in [-0.15, -0.1) is 0 Å². The van der Waals surface area contributed by atoms with Crippen molar-refractivity contribution in [2.45, 2.75) is 83.3 Å². The number of hydrogen-bond donors (Lipinski definition) is 1. The Bertz CT molecular complexity index is 324. The first kappa shape index (κ1) is 14.8. The van der Waals surface area contributed by atoms with Gasteiger partial charge in [-0.1, -0.05) is 13.8 Å². The molecule has 2 aliphatic carbocycles. The van der Waals surface area contributed by atoms with E-state index in [-0.39, 0.29) is 0 Å². The highest BCUT2D eigenvalue weighted by molar-refractivity contribution is 4.98. The summed E-state index contributed by atoms with van der Waals surface area (Å²) in [7, 11) is 2.19. The van der Waals surface area contributed by atoms with Crippen molar-refractivity contribution in [1.29, 1.82) is 0 Å². The fourth-order valence-electron chi connectivity index (χ4n) is 4.93. The van der Waals surface area contributed by atoms with E-state index in [4.69, 9.17) is 4.74 Å². The van der Waals surface area contributed by atoms with Gasteiger partial charge in [-0.05, 0) is 82.1 Å². The van der Waals surface area contributed by atoms with Crippen LogP contribution in [0.25, 0.3) is 0 Å². The van der Waals surface area contributed by atoms with Gasteiger partial charge in [0.25, 0.3) is 0 Å². The molecule has 2 atom stereocenters. The maximum Gasteiger partial charge on any atom is 0.0685 e. The van der Waals surface area contributed by atoms with Gasteiger partial charge in [-0.2, -0.15) is 0 Å². The van der Waals surface area contributed by atoms with Crippen LogP contribution >= 0.6 is 0 Å². The Hall–Kier alpha value is -0.0800. The van der Waals surface area contributed by atoms with E-state index in [0.717, 1.165) is 24.5 Å². The summed E-state index contributed by atoms with van der Waals surface area (Å²) in [6, 6.07) is 0.729. The molecular weight excluding hydrogens is 246 g/mol. The zero-order valence-electron chi connectivity index (χ0n) is 13.7. The monoisotopic (exact) mass is 279 g/mol. The van der Waals surface area contributed by atoms with Crippen molar-refractivity contribution < 1.29 is 4.74 Å². The second kappa shape index (κ2) is 5.61. The number of rotatable bonds is 3. The molecule has 1 saturated heterocycles. The van der Waals surface area contributed by atoms with Crippen LogP contribution in [0.3, 0.4) is 0 Å².